The molecule has 0 aromatic heterocycles. The topological polar surface area (TPSA) is 132 Å². The summed E-state index contributed by atoms with van der Waals surface area (Å²) in [5, 5.41) is 5.26. The summed E-state index contributed by atoms with van der Waals surface area (Å²) >= 11 is 0. The number of hydrogen-bond donors (Lipinski definition) is 3. The molecule has 0 radical (unpaired) electrons. The van der Waals surface area contributed by atoms with E-state index in [-0.39, 0.29) is 23.8 Å². The minimum Gasteiger partial charge on any atom is -0.493 e. The van der Waals surface area contributed by atoms with Crippen LogP contribution in [0.15, 0.2) is 36.4 Å². The molecule has 0 unspecified atom stereocenters. The highest BCUT2D eigenvalue weighted by atomic mass is 32.2. The summed E-state index contributed by atoms with van der Waals surface area (Å²) < 4.78 is 41.5. The number of rotatable bonds is 10. The molecule has 0 fully saturated rings. The van der Waals surface area contributed by atoms with E-state index in [0.29, 0.717) is 29.5 Å². The van der Waals surface area contributed by atoms with E-state index in [1.807, 2.05) is 0 Å². The van der Waals surface area contributed by atoms with Gasteiger partial charge >= 0.3 is 0 Å². The molecule has 0 saturated carbocycles. The van der Waals surface area contributed by atoms with Crippen LogP contribution in [0.1, 0.15) is 17.3 Å². The van der Waals surface area contributed by atoms with Crippen molar-refractivity contribution in [3.63, 3.8) is 0 Å². The second-order valence-electron chi connectivity index (χ2n) is 6.48. The molecule has 0 atom stereocenters. The highest BCUT2D eigenvalue weighted by molar-refractivity contribution is 7.92. The molecule has 0 heterocycles. The zero-order chi connectivity index (χ0) is 23.0. The maximum absolute atomic E-state index is 12.9. The molecule has 2 amide bonds. The molecule has 0 aliphatic rings. The van der Waals surface area contributed by atoms with Gasteiger partial charge in [0.25, 0.3) is 5.91 Å². The molecular formula is C20H25N3O7S. The van der Waals surface area contributed by atoms with E-state index in [4.69, 9.17) is 14.2 Å². The lowest BCUT2D eigenvalue weighted by Gasteiger charge is -2.15. The van der Waals surface area contributed by atoms with E-state index in [0.717, 1.165) is 6.26 Å². The van der Waals surface area contributed by atoms with Gasteiger partial charge in [0.1, 0.15) is 6.61 Å². The second-order valence-corrected chi connectivity index (χ2v) is 8.23. The van der Waals surface area contributed by atoms with Gasteiger partial charge in [-0.25, -0.2) is 8.42 Å². The predicted molar refractivity (Wildman–Crippen MR) is 118 cm³/mol. The van der Waals surface area contributed by atoms with Gasteiger partial charge < -0.3 is 24.8 Å². The van der Waals surface area contributed by atoms with Crippen molar-refractivity contribution in [2.45, 2.75) is 6.92 Å². The molecule has 2 rings (SSSR count). The van der Waals surface area contributed by atoms with Gasteiger partial charge in [0.05, 0.1) is 31.2 Å². The number of benzene rings is 2. The number of sulfonamides is 1. The second kappa shape index (κ2) is 10.6. The Bertz CT molecular complexity index is 1050. The Balaban J connectivity index is 2.34. The molecule has 0 saturated heterocycles. The highest BCUT2D eigenvalue weighted by Crippen LogP contribution is 2.31. The Kier molecular flexibility index (Phi) is 8.22. The lowest BCUT2D eigenvalue weighted by molar-refractivity contribution is -0.114. The summed E-state index contributed by atoms with van der Waals surface area (Å²) in [5.41, 5.74) is 0.831. The molecule has 10 nitrogen and oxygen atoms in total. The maximum atomic E-state index is 12.9. The maximum Gasteiger partial charge on any atom is 0.257 e. The number of nitrogens with one attached hydrogen (secondary N) is 3. The first-order valence-corrected chi connectivity index (χ1v) is 11.0. The number of anilines is 3. The van der Waals surface area contributed by atoms with E-state index in [9.17, 15) is 18.0 Å². The zero-order valence-corrected chi connectivity index (χ0v) is 18.5. The van der Waals surface area contributed by atoms with E-state index in [1.165, 1.54) is 32.2 Å². The van der Waals surface area contributed by atoms with Crippen molar-refractivity contribution < 1.29 is 32.2 Å². The van der Waals surface area contributed by atoms with Gasteiger partial charge in [-0.2, -0.15) is 0 Å². The monoisotopic (exact) mass is 451 g/mol. The highest BCUT2D eigenvalue weighted by Gasteiger charge is 2.17. The third-order valence-corrected chi connectivity index (χ3v) is 4.44. The largest absolute Gasteiger partial charge is 0.493 e. The van der Waals surface area contributed by atoms with Crippen LogP contribution in [0.5, 0.6) is 11.5 Å². The molecule has 3 N–H and O–H groups in total. The fraction of sp³-hybridized carbons (Fsp3) is 0.300. The number of ether oxygens (including phenoxy) is 3. The van der Waals surface area contributed by atoms with Crippen LogP contribution in [0.25, 0.3) is 0 Å². The number of methoxy groups -OCH3 is 2. The van der Waals surface area contributed by atoms with Crippen LogP contribution in [0, 0.1) is 0 Å². The van der Waals surface area contributed by atoms with Gasteiger partial charge in [-0.1, -0.05) is 0 Å². The summed E-state index contributed by atoms with van der Waals surface area (Å²) in [4.78, 5) is 24.3. The lowest BCUT2D eigenvalue weighted by atomic mass is 10.1. The first-order valence-electron chi connectivity index (χ1n) is 9.13. The molecular weight excluding hydrogens is 426 g/mol. The number of amides is 2. The Hall–Kier alpha value is -3.31. The van der Waals surface area contributed by atoms with Crippen molar-refractivity contribution >= 4 is 38.9 Å². The van der Waals surface area contributed by atoms with Gasteiger partial charge in [-0.15, -0.1) is 0 Å². The van der Waals surface area contributed by atoms with Crippen molar-refractivity contribution in [1.29, 1.82) is 0 Å². The molecule has 2 aromatic rings. The number of carbonyl (C=O) groups excluding carboxylic acids is 2. The normalized spacial score (nSPS) is 10.8. The van der Waals surface area contributed by atoms with Gasteiger partial charge in [0.15, 0.2) is 11.5 Å². The van der Waals surface area contributed by atoms with Crippen LogP contribution in [-0.4, -0.2) is 53.9 Å². The molecule has 0 aliphatic carbocycles. The third-order valence-electron chi connectivity index (χ3n) is 3.85. The molecule has 0 aliphatic heterocycles. The Morgan fingerprint density at radius 1 is 0.935 bits per heavy atom. The van der Waals surface area contributed by atoms with Gasteiger partial charge in [-0.3, -0.25) is 14.3 Å². The molecule has 168 valence electrons. The van der Waals surface area contributed by atoms with Gasteiger partial charge in [0.2, 0.25) is 15.9 Å². The smallest absolute Gasteiger partial charge is 0.257 e. The van der Waals surface area contributed by atoms with E-state index < -0.39 is 15.9 Å². The molecule has 0 spiro atoms. The number of hydrogen-bond acceptors (Lipinski definition) is 7. The summed E-state index contributed by atoms with van der Waals surface area (Å²) in [5.74, 6) is -0.0467. The summed E-state index contributed by atoms with van der Waals surface area (Å²) in [6, 6.07) is 9.08. The number of carbonyl (C=O) groups is 2. The van der Waals surface area contributed by atoms with Crippen LogP contribution in [0.3, 0.4) is 0 Å². The van der Waals surface area contributed by atoms with Crippen LogP contribution < -0.4 is 24.8 Å². The predicted octanol–water partition coefficient (Wildman–Crippen LogP) is 2.30. The first-order chi connectivity index (χ1) is 14.6. The van der Waals surface area contributed by atoms with E-state index in [1.54, 1.807) is 25.3 Å². The van der Waals surface area contributed by atoms with Gasteiger partial charge in [-0.05, 0) is 30.3 Å². The van der Waals surface area contributed by atoms with Crippen LogP contribution >= 0.6 is 0 Å². The standard InChI is InChI=1S/C20H25N3O7S/c1-13(24)21-14-5-7-17(23-31(4,26)27)16(11-14)20(25)22-15-6-8-18(29-3)19(12-15)30-10-9-28-2/h5-8,11-12,23H,9-10H2,1-4H3,(H,21,24)(H,22,25). The fourth-order valence-electron chi connectivity index (χ4n) is 2.60. The molecule has 11 heteroatoms. The Morgan fingerprint density at radius 3 is 2.23 bits per heavy atom. The van der Waals surface area contributed by atoms with Crippen molar-refractivity contribution in [3.05, 3.63) is 42.0 Å². The SMILES string of the molecule is COCCOc1cc(NC(=O)c2cc(NC(C)=O)ccc2NS(C)(=O)=O)ccc1OC. The van der Waals surface area contributed by atoms with Crippen LogP contribution in [-0.2, 0) is 19.6 Å². The minimum atomic E-state index is -3.64. The van der Waals surface area contributed by atoms with Crippen molar-refractivity contribution in [2.75, 3.05) is 49.0 Å². The quantitative estimate of drug-likeness (QED) is 0.472. The first kappa shape index (κ1) is 24.0. The lowest BCUT2D eigenvalue weighted by Crippen LogP contribution is -2.18. The average Bonchev–Trinajstić information content (AvgIpc) is 2.68. The van der Waals surface area contributed by atoms with Crippen molar-refractivity contribution in [3.8, 4) is 11.5 Å². The van der Waals surface area contributed by atoms with E-state index in [2.05, 4.69) is 15.4 Å². The van der Waals surface area contributed by atoms with Crippen LogP contribution in [0.4, 0.5) is 17.1 Å². The average molecular weight is 452 g/mol. The summed E-state index contributed by atoms with van der Waals surface area (Å²) in [6.07, 6.45) is 0.976. The minimum absolute atomic E-state index is 0.0225. The summed E-state index contributed by atoms with van der Waals surface area (Å²) in [6.45, 7) is 1.98. The molecule has 31 heavy (non-hydrogen) atoms. The van der Waals surface area contributed by atoms with Crippen molar-refractivity contribution in [1.82, 2.24) is 0 Å². The summed E-state index contributed by atoms with van der Waals surface area (Å²) in [7, 11) is -0.593. The fourth-order valence-corrected chi connectivity index (χ4v) is 3.18. The Morgan fingerprint density at radius 2 is 1.61 bits per heavy atom. The third kappa shape index (κ3) is 7.46. The molecule has 2 aromatic carbocycles. The zero-order valence-electron chi connectivity index (χ0n) is 17.6. The van der Waals surface area contributed by atoms with E-state index >= 15 is 0 Å². The Labute approximate surface area is 180 Å². The van der Waals surface area contributed by atoms with Crippen LogP contribution in [0.2, 0.25) is 0 Å². The van der Waals surface area contributed by atoms with Gasteiger partial charge in [0, 0.05) is 31.5 Å². The van der Waals surface area contributed by atoms with Crippen molar-refractivity contribution in [2.24, 2.45) is 0 Å². The molecule has 0 bridgehead atoms.